The summed E-state index contributed by atoms with van der Waals surface area (Å²) >= 11 is 5.81. The fourth-order valence-corrected chi connectivity index (χ4v) is 1.68. The van der Waals surface area contributed by atoms with Crippen LogP contribution in [0, 0.1) is 0 Å². The highest BCUT2D eigenvalue weighted by Gasteiger charge is 2.30. The van der Waals surface area contributed by atoms with Gasteiger partial charge in [0.1, 0.15) is 0 Å². The van der Waals surface area contributed by atoms with Crippen molar-refractivity contribution < 1.29 is 4.79 Å². The van der Waals surface area contributed by atoms with Crippen molar-refractivity contribution in [2.45, 2.75) is 19.3 Å². The molecule has 0 fully saturated rings. The highest BCUT2D eigenvalue weighted by molar-refractivity contribution is 6.30. The van der Waals surface area contributed by atoms with Gasteiger partial charge in [-0.2, -0.15) is 0 Å². The number of hydrogen-bond acceptors (Lipinski definition) is 1. The number of likely N-dealkylation sites (N-methyl/N-ethyl adjacent to an activating group) is 1. The van der Waals surface area contributed by atoms with Crippen molar-refractivity contribution in [1.29, 1.82) is 0 Å². The van der Waals surface area contributed by atoms with Gasteiger partial charge in [-0.3, -0.25) is 4.79 Å². The molecule has 0 aromatic heterocycles. The number of hydrogen-bond donors (Lipinski definition) is 0. The SMILES string of the molecule is CN(C)C(=O)C(C)(C)c1ccc(Cl)cc1. The van der Waals surface area contributed by atoms with E-state index in [4.69, 9.17) is 11.6 Å². The molecule has 0 aliphatic heterocycles. The minimum absolute atomic E-state index is 0.0878. The highest BCUT2D eigenvalue weighted by atomic mass is 35.5. The molecular weight excluding hydrogens is 210 g/mol. The standard InChI is InChI=1S/C12H16ClNO/c1-12(2,11(15)14(3)4)9-5-7-10(13)8-6-9/h5-8H,1-4H3. The van der Waals surface area contributed by atoms with Crippen molar-refractivity contribution in [3.8, 4) is 0 Å². The lowest BCUT2D eigenvalue weighted by molar-refractivity contribution is -0.133. The summed E-state index contributed by atoms with van der Waals surface area (Å²) in [6.45, 7) is 3.83. The molecule has 2 nitrogen and oxygen atoms in total. The third kappa shape index (κ3) is 2.51. The quantitative estimate of drug-likeness (QED) is 0.758. The Balaban J connectivity index is 3.05. The number of carbonyl (C=O) groups excluding carboxylic acids is 1. The Hall–Kier alpha value is -1.02. The van der Waals surface area contributed by atoms with Crippen LogP contribution in [0.3, 0.4) is 0 Å². The van der Waals surface area contributed by atoms with Crippen molar-refractivity contribution in [3.63, 3.8) is 0 Å². The number of halogens is 1. The van der Waals surface area contributed by atoms with E-state index in [1.165, 1.54) is 0 Å². The van der Waals surface area contributed by atoms with E-state index >= 15 is 0 Å². The molecule has 3 heteroatoms. The largest absolute Gasteiger partial charge is 0.348 e. The molecule has 0 spiro atoms. The fourth-order valence-electron chi connectivity index (χ4n) is 1.55. The summed E-state index contributed by atoms with van der Waals surface area (Å²) in [5, 5.41) is 0.687. The number of nitrogens with zero attached hydrogens (tertiary/aromatic N) is 1. The van der Waals surface area contributed by atoms with Gasteiger partial charge >= 0.3 is 0 Å². The summed E-state index contributed by atoms with van der Waals surface area (Å²) in [7, 11) is 3.53. The van der Waals surface area contributed by atoms with E-state index in [-0.39, 0.29) is 5.91 Å². The summed E-state index contributed by atoms with van der Waals surface area (Å²) in [6.07, 6.45) is 0. The van der Waals surface area contributed by atoms with Crippen LogP contribution in [0.2, 0.25) is 5.02 Å². The zero-order valence-corrected chi connectivity index (χ0v) is 10.3. The Morgan fingerprint density at radius 1 is 1.20 bits per heavy atom. The molecule has 82 valence electrons. The maximum Gasteiger partial charge on any atom is 0.232 e. The van der Waals surface area contributed by atoms with E-state index in [0.717, 1.165) is 5.56 Å². The smallest absolute Gasteiger partial charge is 0.232 e. The Kier molecular flexibility index (Phi) is 3.40. The van der Waals surface area contributed by atoms with Crippen LogP contribution in [-0.2, 0) is 10.2 Å². The molecule has 0 atom stereocenters. The lowest BCUT2D eigenvalue weighted by Gasteiger charge is -2.27. The predicted octanol–water partition coefficient (Wildman–Crippen LogP) is 2.71. The topological polar surface area (TPSA) is 20.3 Å². The second-order valence-electron chi connectivity index (χ2n) is 4.33. The van der Waals surface area contributed by atoms with Gasteiger partial charge < -0.3 is 4.90 Å². The van der Waals surface area contributed by atoms with Gasteiger partial charge in [-0.25, -0.2) is 0 Å². The van der Waals surface area contributed by atoms with Gasteiger partial charge in [0.15, 0.2) is 0 Å². The molecule has 0 aliphatic carbocycles. The monoisotopic (exact) mass is 225 g/mol. The molecule has 0 heterocycles. The normalized spacial score (nSPS) is 11.3. The van der Waals surface area contributed by atoms with E-state index in [2.05, 4.69) is 0 Å². The van der Waals surface area contributed by atoms with Crippen molar-refractivity contribution in [2.75, 3.05) is 14.1 Å². The molecule has 0 radical (unpaired) electrons. The van der Waals surface area contributed by atoms with E-state index in [1.807, 2.05) is 38.1 Å². The lowest BCUT2D eigenvalue weighted by atomic mass is 9.83. The minimum atomic E-state index is -0.506. The van der Waals surface area contributed by atoms with Crippen LogP contribution in [-0.4, -0.2) is 24.9 Å². The molecule has 0 N–H and O–H groups in total. The molecule has 1 amide bonds. The average Bonchev–Trinajstić information content (AvgIpc) is 2.17. The molecular formula is C12H16ClNO. The van der Waals surface area contributed by atoms with Crippen molar-refractivity contribution >= 4 is 17.5 Å². The fraction of sp³-hybridized carbons (Fsp3) is 0.417. The molecule has 0 saturated heterocycles. The second kappa shape index (κ2) is 4.23. The van der Waals surface area contributed by atoms with Crippen LogP contribution in [0.25, 0.3) is 0 Å². The Bertz CT molecular complexity index is 354. The van der Waals surface area contributed by atoms with Crippen LogP contribution in [0.15, 0.2) is 24.3 Å². The third-order valence-corrected chi connectivity index (χ3v) is 2.76. The molecule has 1 rings (SSSR count). The molecule has 0 aliphatic rings. The van der Waals surface area contributed by atoms with Gasteiger partial charge in [-0.05, 0) is 31.5 Å². The Labute approximate surface area is 95.8 Å². The lowest BCUT2D eigenvalue weighted by Crippen LogP contribution is -2.39. The van der Waals surface area contributed by atoms with Gasteiger partial charge in [0.2, 0.25) is 5.91 Å². The maximum absolute atomic E-state index is 11.9. The molecule has 15 heavy (non-hydrogen) atoms. The number of amides is 1. The van der Waals surface area contributed by atoms with Crippen molar-refractivity contribution in [3.05, 3.63) is 34.9 Å². The zero-order valence-electron chi connectivity index (χ0n) is 9.54. The summed E-state index contributed by atoms with van der Waals surface area (Å²) in [6, 6.07) is 7.40. The third-order valence-electron chi connectivity index (χ3n) is 2.51. The zero-order chi connectivity index (χ0) is 11.6. The van der Waals surface area contributed by atoms with Gasteiger partial charge in [-0.15, -0.1) is 0 Å². The predicted molar refractivity (Wildman–Crippen MR) is 63.2 cm³/mol. The summed E-state index contributed by atoms with van der Waals surface area (Å²) in [5.74, 6) is 0.0878. The van der Waals surface area contributed by atoms with E-state index < -0.39 is 5.41 Å². The minimum Gasteiger partial charge on any atom is -0.348 e. The number of benzene rings is 1. The van der Waals surface area contributed by atoms with E-state index in [0.29, 0.717) is 5.02 Å². The van der Waals surface area contributed by atoms with Crippen molar-refractivity contribution in [1.82, 2.24) is 4.90 Å². The van der Waals surface area contributed by atoms with Crippen molar-refractivity contribution in [2.24, 2.45) is 0 Å². The van der Waals surface area contributed by atoms with Crippen LogP contribution in [0.5, 0.6) is 0 Å². The number of rotatable bonds is 2. The van der Waals surface area contributed by atoms with E-state index in [9.17, 15) is 4.79 Å². The molecule has 1 aromatic rings. The maximum atomic E-state index is 11.9. The van der Waals surface area contributed by atoms with Gasteiger partial charge in [0.25, 0.3) is 0 Å². The summed E-state index contributed by atoms with van der Waals surface area (Å²) < 4.78 is 0. The first-order chi connectivity index (χ1) is 6.85. The van der Waals surface area contributed by atoms with Crippen LogP contribution < -0.4 is 0 Å². The van der Waals surface area contributed by atoms with Gasteiger partial charge in [0.05, 0.1) is 5.41 Å². The average molecular weight is 226 g/mol. The Morgan fingerprint density at radius 3 is 2.07 bits per heavy atom. The Morgan fingerprint density at radius 2 is 1.67 bits per heavy atom. The first-order valence-corrected chi connectivity index (χ1v) is 5.21. The first kappa shape index (κ1) is 12.1. The molecule has 1 aromatic carbocycles. The molecule has 0 saturated carbocycles. The first-order valence-electron chi connectivity index (χ1n) is 4.83. The molecule has 0 bridgehead atoms. The second-order valence-corrected chi connectivity index (χ2v) is 4.77. The summed E-state index contributed by atoms with van der Waals surface area (Å²) in [5.41, 5.74) is 0.472. The molecule has 0 unspecified atom stereocenters. The van der Waals surface area contributed by atoms with Crippen LogP contribution in [0.1, 0.15) is 19.4 Å². The van der Waals surface area contributed by atoms with Crippen LogP contribution >= 0.6 is 11.6 Å². The highest BCUT2D eigenvalue weighted by Crippen LogP contribution is 2.26. The summed E-state index contributed by atoms with van der Waals surface area (Å²) in [4.78, 5) is 13.5. The number of carbonyl (C=O) groups is 1. The van der Waals surface area contributed by atoms with Gasteiger partial charge in [-0.1, -0.05) is 23.7 Å². The van der Waals surface area contributed by atoms with Gasteiger partial charge in [0, 0.05) is 19.1 Å². The van der Waals surface area contributed by atoms with E-state index in [1.54, 1.807) is 19.0 Å². The van der Waals surface area contributed by atoms with Crippen LogP contribution in [0.4, 0.5) is 0 Å².